The van der Waals surface area contributed by atoms with Crippen LogP contribution in [0, 0.1) is 5.92 Å². The molecular weight excluding hydrogens is 144 g/mol. The molecule has 1 heterocycles. The van der Waals surface area contributed by atoms with Crippen molar-refractivity contribution in [3.8, 4) is 0 Å². The number of ether oxygens (including phenoxy) is 1. The molecule has 1 aliphatic rings. The number of esters is 1. The highest BCUT2D eigenvalue weighted by molar-refractivity contribution is 5.91. The number of aliphatic hydroxyl groups is 1. The van der Waals surface area contributed by atoms with Gasteiger partial charge in [0.15, 0.2) is 0 Å². The quantitative estimate of drug-likeness (QED) is 0.592. The second-order valence-corrected chi connectivity index (χ2v) is 2.96. The molecule has 3 nitrogen and oxygen atoms in total. The van der Waals surface area contributed by atoms with Gasteiger partial charge < -0.3 is 9.84 Å². The molecule has 0 saturated carbocycles. The Kier molecular flexibility index (Phi) is 2.29. The van der Waals surface area contributed by atoms with Gasteiger partial charge in [-0.1, -0.05) is 13.8 Å². The molecule has 1 N–H and O–H groups in total. The van der Waals surface area contributed by atoms with E-state index in [1.807, 2.05) is 13.8 Å². The molecule has 0 saturated heterocycles. The third-order valence-electron chi connectivity index (χ3n) is 1.70. The molecule has 0 radical (unpaired) electrons. The molecule has 0 aromatic carbocycles. The summed E-state index contributed by atoms with van der Waals surface area (Å²) in [5.41, 5.74) is 0.378. The van der Waals surface area contributed by atoms with Crippen LogP contribution in [0.4, 0.5) is 0 Å². The van der Waals surface area contributed by atoms with Gasteiger partial charge in [-0.15, -0.1) is 0 Å². The van der Waals surface area contributed by atoms with Crippen LogP contribution < -0.4 is 0 Å². The molecule has 0 aromatic heterocycles. The van der Waals surface area contributed by atoms with Gasteiger partial charge in [-0.3, -0.25) is 0 Å². The molecule has 0 aliphatic carbocycles. The van der Waals surface area contributed by atoms with Gasteiger partial charge in [-0.25, -0.2) is 4.79 Å². The van der Waals surface area contributed by atoms with Gasteiger partial charge in [-0.05, 0) is 12.0 Å². The predicted octanol–water partition coefficient (Wildman–Crippen LogP) is 0.486. The zero-order valence-corrected chi connectivity index (χ0v) is 6.70. The Morgan fingerprint density at radius 3 is 2.64 bits per heavy atom. The lowest BCUT2D eigenvalue weighted by molar-refractivity contribution is -0.141. The van der Waals surface area contributed by atoms with Crippen LogP contribution >= 0.6 is 0 Å². The highest BCUT2D eigenvalue weighted by atomic mass is 16.5. The minimum absolute atomic E-state index is 0.148. The van der Waals surface area contributed by atoms with Crippen molar-refractivity contribution >= 4 is 5.97 Å². The second kappa shape index (κ2) is 3.05. The lowest BCUT2D eigenvalue weighted by Gasteiger charge is -2.10. The predicted molar refractivity (Wildman–Crippen MR) is 39.9 cm³/mol. The van der Waals surface area contributed by atoms with Gasteiger partial charge in [0.2, 0.25) is 0 Å². The number of rotatable bonds is 2. The van der Waals surface area contributed by atoms with E-state index in [0.29, 0.717) is 5.57 Å². The van der Waals surface area contributed by atoms with Crippen LogP contribution in [-0.2, 0) is 9.53 Å². The monoisotopic (exact) mass is 156 g/mol. The van der Waals surface area contributed by atoms with Gasteiger partial charge in [0.05, 0.1) is 12.2 Å². The molecule has 0 aromatic rings. The maximum absolute atomic E-state index is 10.9. The van der Waals surface area contributed by atoms with E-state index in [9.17, 15) is 4.79 Å². The number of carbonyl (C=O) groups excluding carboxylic acids is 1. The third kappa shape index (κ3) is 1.60. The topological polar surface area (TPSA) is 46.5 Å². The first-order valence-corrected chi connectivity index (χ1v) is 3.67. The van der Waals surface area contributed by atoms with Crippen molar-refractivity contribution in [2.45, 2.75) is 20.0 Å². The van der Waals surface area contributed by atoms with E-state index < -0.39 is 0 Å². The highest BCUT2D eigenvalue weighted by Gasteiger charge is 2.26. The smallest absolute Gasteiger partial charge is 0.336 e. The summed E-state index contributed by atoms with van der Waals surface area (Å²) >= 11 is 0. The molecule has 1 rings (SSSR count). The van der Waals surface area contributed by atoms with E-state index >= 15 is 0 Å². The number of hydrogen-bond donors (Lipinski definition) is 1. The van der Waals surface area contributed by atoms with E-state index in [-0.39, 0.29) is 24.6 Å². The summed E-state index contributed by atoms with van der Waals surface area (Å²) in [4.78, 5) is 10.9. The first-order valence-electron chi connectivity index (χ1n) is 3.67. The zero-order chi connectivity index (χ0) is 8.43. The number of aliphatic hydroxyl groups excluding tert-OH is 1. The fraction of sp³-hybridized carbons (Fsp3) is 0.625. The van der Waals surface area contributed by atoms with Crippen molar-refractivity contribution in [1.29, 1.82) is 0 Å². The normalized spacial score (nSPS) is 23.8. The standard InChI is InChI=1S/C8H12O3/c1-5(2)7-3-6(4-9)8(10)11-7/h3,5,7,9H,4H2,1-2H3. The first kappa shape index (κ1) is 8.27. The fourth-order valence-corrected chi connectivity index (χ4v) is 0.945. The summed E-state index contributed by atoms with van der Waals surface area (Å²) in [6.07, 6.45) is 1.54. The Morgan fingerprint density at radius 1 is 1.73 bits per heavy atom. The van der Waals surface area contributed by atoms with E-state index in [0.717, 1.165) is 0 Å². The van der Waals surface area contributed by atoms with Crippen LogP contribution in [0.25, 0.3) is 0 Å². The second-order valence-electron chi connectivity index (χ2n) is 2.96. The van der Waals surface area contributed by atoms with Gasteiger partial charge in [0, 0.05) is 0 Å². The van der Waals surface area contributed by atoms with Crippen molar-refractivity contribution in [1.82, 2.24) is 0 Å². The molecule has 0 fully saturated rings. The summed E-state index contributed by atoms with van der Waals surface area (Å²) in [6.45, 7) is 3.71. The Bertz CT molecular complexity index is 194. The first-order chi connectivity index (χ1) is 5.15. The molecule has 0 amide bonds. The van der Waals surface area contributed by atoms with Gasteiger partial charge >= 0.3 is 5.97 Å². The summed E-state index contributed by atoms with van der Waals surface area (Å²) in [5, 5.41) is 8.67. The van der Waals surface area contributed by atoms with Crippen LogP contribution in [0.2, 0.25) is 0 Å². The third-order valence-corrected chi connectivity index (χ3v) is 1.70. The Labute approximate surface area is 65.7 Å². The van der Waals surface area contributed by atoms with Crippen molar-refractivity contribution in [2.75, 3.05) is 6.61 Å². The molecule has 11 heavy (non-hydrogen) atoms. The fourth-order valence-electron chi connectivity index (χ4n) is 0.945. The highest BCUT2D eigenvalue weighted by Crippen LogP contribution is 2.18. The van der Waals surface area contributed by atoms with Gasteiger partial charge in [-0.2, -0.15) is 0 Å². The number of hydrogen-bond acceptors (Lipinski definition) is 3. The van der Waals surface area contributed by atoms with E-state index in [1.54, 1.807) is 6.08 Å². The maximum Gasteiger partial charge on any atom is 0.336 e. The summed E-state index contributed by atoms with van der Waals surface area (Å²) in [5.74, 6) is -0.103. The molecule has 62 valence electrons. The van der Waals surface area contributed by atoms with Crippen molar-refractivity contribution in [2.24, 2.45) is 5.92 Å². The van der Waals surface area contributed by atoms with Crippen molar-refractivity contribution in [3.63, 3.8) is 0 Å². The lowest BCUT2D eigenvalue weighted by Crippen LogP contribution is -2.14. The van der Waals surface area contributed by atoms with Crippen LogP contribution in [0.1, 0.15) is 13.8 Å². The van der Waals surface area contributed by atoms with Crippen LogP contribution in [0.3, 0.4) is 0 Å². The molecule has 3 heteroatoms. The van der Waals surface area contributed by atoms with Crippen LogP contribution in [0.5, 0.6) is 0 Å². The van der Waals surface area contributed by atoms with E-state index in [2.05, 4.69) is 0 Å². The average Bonchev–Trinajstić information content (AvgIpc) is 2.31. The van der Waals surface area contributed by atoms with E-state index in [1.165, 1.54) is 0 Å². The molecular formula is C8H12O3. The minimum Gasteiger partial charge on any atom is -0.454 e. The lowest BCUT2D eigenvalue weighted by atomic mass is 10.1. The summed E-state index contributed by atoms with van der Waals surface area (Å²) in [6, 6.07) is 0. The van der Waals surface area contributed by atoms with Crippen molar-refractivity contribution in [3.05, 3.63) is 11.6 Å². The largest absolute Gasteiger partial charge is 0.454 e. The molecule has 0 bridgehead atoms. The molecule has 1 unspecified atom stereocenters. The maximum atomic E-state index is 10.9. The zero-order valence-electron chi connectivity index (χ0n) is 6.70. The molecule has 0 spiro atoms. The van der Waals surface area contributed by atoms with Crippen LogP contribution in [-0.4, -0.2) is 23.8 Å². The molecule has 1 atom stereocenters. The number of carbonyl (C=O) groups is 1. The average molecular weight is 156 g/mol. The summed E-state index contributed by atoms with van der Waals surface area (Å²) < 4.78 is 4.93. The molecule has 1 aliphatic heterocycles. The van der Waals surface area contributed by atoms with Gasteiger partial charge in [0.1, 0.15) is 6.10 Å². The Hall–Kier alpha value is -0.830. The van der Waals surface area contributed by atoms with Crippen LogP contribution in [0.15, 0.2) is 11.6 Å². The Balaban J connectivity index is 2.67. The summed E-state index contributed by atoms with van der Waals surface area (Å²) in [7, 11) is 0. The Morgan fingerprint density at radius 2 is 2.36 bits per heavy atom. The number of cyclic esters (lactones) is 1. The SMILES string of the molecule is CC(C)C1C=C(CO)C(=O)O1. The van der Waals surface area contributed by atoms with Gasteiger partial charge in [0.25, 0.3) is 0 Å². The minimum atomic E-state index is -0.383. The van der Waals surface area contributed by atoms with E-state index in [4.69, 9.17) is 9.84 Å². The van der Waals surface area contributed by atoms with Crippen molar-refractivity contribution < 1.29 is 14.6 Å².